The Balaban J connectivity index is 2.03. The summed E-state index contributed by atoms with van der Waals surface area (Å²) >= 11 is 0. The lowest BCUT2D eigenvalue weighted by molar-refractivity contribution is 0.477. The number of nitrogens with zero attached hydrogens (tertiary/aromatic N) is 1. The Hall–Kier alpha value is -3.26. The molecule has 0 fully saturated rings. The molecule has 0 aliphatic heterocycles. The number of benzene rings is 3. The molecule has 0 radical (unpaired) electrons. The van der Waals surface area contributed by atoms with Crippen molar-refractivity contribution in [3.8, 4) is 34.0 Å². The molecule has 116 valence electrons. The van der Waals surface area contributed by atoms with Crippen molar-refractivity contribution in [2.75, 3.05) is 0 Å². The zero-order valence-corrected chi connectivity index (χ0v) is 13.1. The fourth-order valence-electron chi connectivity index (χ4n) is 3.04. The highest BCUT2D eigenvalue weighted by atomic mass is 16.3. The van der Waals surface area contributed by atoms with E-state index in [9.17, 15) is 5.11 Å². The fraction of sp³-hybridized carbons (Fsp3) is 0. The summed E-state index contributed by atoms with van der Waals surface area (Å²) in [5.41, 5.74) is 4.86. The molecule has 1 N–H and O–H groups in total. The lowest BCUT2D eigenvalue weighted by Gasteiger charge is -2.14. The van der Waals surface area contributed by atoms with E-state index in [0.29, 0.717) is 0 Å². The van der Waals surface area contributed by atoms with Crippen LogP contribution < -0.4 is 0 Å². The first-order valence-electron chi connectivity index (χ1n) is 7.95. The predicted octanol–water partition coefficient (Wildman–Crippen LogP) is 5.52. The maximum atomic E-state index is 10.7. The maximum Gasteiger partial charge on any atom is 0.142 e. The van der Waals surface area contributed by atoms with Crippen LogP contribution in [0.1, 0.15) is 0 Å². The summed E-state index contributed by atoms with van der Waals surface area (Å²) in [4.78, 5) is 0. The number of aromatic nitrogens is 1. The van der Waals surface area contributed by atoms with Crippen molar-refractivity contribution in [3.05, 3.63) is 97.1 Å². The van der Waals surface area contributed by atoms with Crippen LogP contribution in [0.3, 0.4) is 0 Å². The third-order valence-corrected chi connectivity index (χ3v) is 4.11. The molecule has 0 bridgehead atoms. The Morgan fingerprint density at radius 2 is 1.08 bits per heavy atom. The molecule has 4 aromatic rings. The molecule has 0 amide bonds. The van der Waals surface area contributed by atoms with Crippen molar-refractivity contribution >= 4 is 0 Å². The Morgan fingerprint density at radius 1 is 0.583 bits per heavy atom. The second kappa shape index (κ2) is 6.09. The van der Waals surface area contributed by atoms with Gasteiger partial charge in [-0.1, -0.05) is 78.9 Å². The molecule has 2 heteroatoms. The summed E-state index contributed by atoms with van der Waals surface area (Å²) in [5, 5.41) is 10.7. The Kier molecular flexibility index (Phi) is 3.64. The summed E-state index contributed by atoms with van der Waals surface area (Å²) in [6.07, 6.45) is 0. The van der Waals surface area contributed by atoms with Crippen molar-refractivity contribution < 1.29 is 5.11 Å². The van der Waals surface area contributed by atoms with Crippen molar-refractivity contribution in [3.63, 3.8) is 0 Å². The lowest BCUT2D eigenvalue weighted by Crippen LogP contribution is -1.99. The van der Waals surface area contributed by atoms with E-state index in [-0.39, 0.29) is 5.75 Å². The second-order valence-corrected chi connectivity index (χ2v) is 5.67. The van der Waals surface area contributed by atoms with Gasteiger partial charge >= 0.3 is 0 Å². The van der Waals surface area contributed by atoms with Crippen LogP contribution in [0.5, 0.6) is 5.75 Å². The summed E-state index contributed by atoms with van der Waals surface area (Å²) in [7, 11) is 0. The topological polar surface area (TPSA) is 25.2 Å². The van der Waals surface area contributed by atoms with Gasteiger partial charge in [-0.2, -0.15) is 0 Å². The van der Waals surface area contributed by atoms with E-state index in [1.807, 2.05) is 72.8 Å². The van der Waals surface area contributed by atoms with Crippen LogP contribution in [0.2, 0.25) is 0 Å². The molecule has 0 unspecified atom stereocenters. The SMILES string of the molecule is Oc1cc(-c2ccccc2)n(-c2ccccc2)c1-c1ccccc1. The van der Waals surface area contributed by atoms with E-state index in [1.54, 1.807) is 0 Å². The van der Waals surface area contributed by atoms with Gasteiger partial charge in [0.2, 0.25) is 0 Å². The van der Waals surface area contributed by atoms with E-state index >= 15 is 0 Å². The number of para-hydroxylation sites is 1. The minimum atomic E-state index is 0.281. The Bertz CT molecular complexity index is 941. The van der Waals surface area contributed by atoms with Gasteiger partial charge in [0, 0.05) is 17.3 Å². The number of hydrogen-bond donors (Lipinski definition) is 1. The van der Waals surface area contributed by atoms with Crippen LogP contribution in [0.4, 0.5) is 0 Å². The highest BCUT2D eigenvalue weighted by Gasteiger charge is 2.18. The van der Waals surface area contributed by atoms with Gasteiger partial charge in [0.1, 0.15) is 5.75 Å². The van der Waals surface area contributed by atoms with Crippen LogP contribution in [0, 0.1) is 0 Å². The van der Waals surface area contributed by atoms with Crippen molar-refractivity contribution in [1.82, 2.24) is 4.57 Å². The third kappa shape index (κ3) is 2.48. The third-order valence-electron chi connectivity index (χ3n) is 4.11. The van der Waals surface area contributed by atoms with E-state index in [0.717, 1.165) is 28.2 Å². The van der Waals surface area contributed by atoms with E-state index in [1.165, 1.54) is 0 Å². The molecule has 1 aromatic heterocycles. The molecule has 2 nitrogen and oxygen atoms in total. The summed E-state index contributed by atoms with van der Waals surface area (Å²) in [6, 6.07) is 32.1. The minimum absolute atomic E-state index is 0.281. The van der Waals surface area contributed by atoms with Crippen molar-refractivity contribution in [2.24, 2.45) is 0 Å². The second-order valence-electron chi connectivity index (χ2n) is 5.67. The Labute approximate surface area is 141 Å². The molecule has 0 aliphatic carbocycles. The first kappa shape index (κ1) is 14.3. The van der Waals surface area contributed by atoms with Crippen molar-refractivity contribution in [2.45, 2.75) is 0 Å². The highest BCUT2D eigenvalue weighted by Crippen LogP contribution is 2.39. The van der Waals surface area contributed by atoms with Crippen LogP contribution in [-0.4, -0.2) is 9.67 Å². The molecule has 0 aliphatic rings. The minimum Gasteiger partial charge on any atom is -0.506 e. The molecule has 0 spiro atoms. The van der Waals surface area contributed by atoms with Crippen LogP contribution in [0.15, 0.2) is 97.1 Å². The van der Waals surface area contributed by atoms with Gasteiger partial charge in [-0.3, -0.25) is 0 Å². The van der Waals surface area contributed by atoms with Gasteiger partial charge in [0.15, 0.2) is 0 Å². The van der Waals surface area contributed by atoms with Gasteiger partial charge in [0.05, 0.1) is 11.4 Å². The summed E-state index contributed by atoms with van der Waals surface area (Å²) in [6.45, 7) is 0. The van der Waals surface area contributed by atoms with Crippen molar-refractivity contribution in [1.29, 1.82) is 0 Å². The fourth-order valence-corrected chi connectivity index (χ4v) is 3.04. The first-order chi connectivity index (χ1) is 11.8. The van der Waals surface area contributed by atoms with Crippen LogP contribution >= 0.6 is 0 Å². The van der Waals surface area contributed by atoms with E-state index < -0.39 is 0 Å². The molecule has 0 saturated carbocycles. The largest absolute Gasteiger partial charge is 0.506 e. The average molecular weight is 311 g/mol. The van der Waals surface area contributed by atoms with Gasteiger partial charge in [-0.25, -0.2) is 0 Å². The van der Waals surface area contributed by atoms with Crippen LogP contribution in [-0.2, 0) is 0 Å². The maximum absolute atomic E-state index is 10.7. The Morgan fingerprint density at radius 3 is 1.67 bits per heavy atom. The molecular weight excluding hydrogens is 294 g/mol. The summed E-state index contributed by atoms with van der Waals surface area (Å²) in [5.74, 6) is 0.281. The lowest BCUT2D eigenvalue weighted by atomic mass is 10.1. The number of hydrogen-bond acceptors (Lipinski definition) is 1. The molecule has 24 heavy (non-hydrogen) atoms. The molecule has 3 aromatic carbocycles. The number of aromatic hydroxyl groups is 1. The zero-order valence-electron chi connectivity index (χ0n) is 13.1. The first-order valence-corrected chi connectivity index (χ1v) is 7.95. The normalized spacial score (nSPS) is 10.7. The molecule has 4 rings (SSSR count). The van der Waals surface area contributed by atoms with Crippen LogP contribution in [0.25, 0.3) is 28.2 Å². The molecule has 1 heterocycles. The highest BCUT2D eigenvalue weighted by molar-refractivity contribution is 5.78. The molecule has 0 atom stereocenters. The zero-order chi connectivity index (χ0) is 16.4. The molecule has 0 saturated heterocycles. The quantitative estimate of drug-likeness (QED) is 0.529. The van der Waals surface area contributed by atoms with E-state index in [2.05, 4.69) is 28.8 Å². The smallest absolute Gasteiger partial charge is 0.142 e. The van der Waals surface area contributed by atoms with Gasteiger partial charge in [-0.05, 0) is 17.7 Å². The predicted molar refractivity (Wildman–Crippen MR) is 98.3 cm³/mol. The molecular formula is C22H17NO. The number of rotatable bonds is 3. The summed E-state index contributed by atoms with van der Waals surface area (Å²) < 4.78 is 2.11. The van der Waals surface area contributed by atoms with Gasteiger partial charge < -0.3 is 9.67 Å². The van der Waals surface area contributed by atoms with Gasteiger partial charge in [-0.15, -0.1) is 0 Å². The monoisotopic (exact) mass is 311 g/mol. The standard InChI is InChI=1S/C22H17NO/c24-21-16-20(17-10-4-1-5-11-17)23(19-14-8-3-9-15-19)22(21)18-12-6-2-7-13-18/h1-16,24H. The van der Waals surface area contributed by atoms with Gasteiger partial charge in [0.25, 0.3) is 0 Å². The van der Waals surface area contributed by atoms with E-state index in [4.69, 9.17) is 0 Å². The average Bonchev–Trinajstić information content (AvgIpc) is 3.01.